The number of hydrogen-bond donors (Lipinski definition) is 2. The highest BCUT2D eigenvalue weighted by Gasteiger charge is 2.11. The van der Waals surface area contributed by atoms with Gasteiger partial charge in [-0.2, -0.15) is 0 Å². The van der Waals surface area contributed by atoms with Gasteiger partial charge in [-0.25, -0.2) is 10.8 Å². The van der Waals surface area contributed by atoms with Gasteiger partial charge in [-0.1, -0.05) is 36.8 Å². The summed E-state index contributed by atoms with van der Waals surface area (Å²) in [4.78, 5) is 5.12. The highest BCUT2D eigenvalue weighted by atomic mass is 35.5. The molecule has 0 radical (unpaired) electrons. The van der Waals surface area contributed by atoms with Crippen molar-refractivity contribution in [2.24, 2.45) is 5.84 Å². The largest absolute Gasteiger partial charge is 0.488 e. The molecule has 0 bridgehead atoms. The smallest absolute Gasteiger partial charge is 0.197 e. The zero-order valence-corrected chi connectivity index (χ0v) is 13.3. The van der Waals surface area contributed by atoms with Crippen LogP contribution >= 0.6 is 22.9 Å². The molecule has 0 aliphatic heterocycles. The number of nitrogens with zero attached hydrogens (tertiary/aromatic N) is 1. The maximum atomic E-state index is 6.25. The normalized spacial score (nSPS) is 10.9. The number of thiazole rings is 1. The molecular weight excluding hydrogens is 294 g/mol. The van der Waals surface area contributed by atoms with E-state index in [9.17, 15) is 0 Å². The molecule has 0 aliphatic rings. The van der Waals surface area contributed by atoms with Crippen molar-refractivity contribution < 1.29 is 4.74 Å². The van der Waals surface area contributed by atoms with E-state index in [4.69, 9.17) is 22.2 Å². The van der Waals surface area contributed by atoms with Crippen molar-refractivity contribution in [1.29, 1.82) is 0 Å². The number of hydrazine groups is 1. The maximum absolute atomic E-state index is 6.25. The number of aromatic nitrogens is 1. The third kappa shape index (κ3) is 3.42. The molecule has 20 heavy (non-hydrogen) atoms. The third-order valence-corrected chi connectivity index (χ3v) is 4.19. The van der Waals surface area contributed by atoms with Gasteiger partial charge in [0.1, 0.15) is 12.4 Å². The molecule has 0 saturated carbocycles. The molecule has 0 saturated heterocycles. The van der Waals surface area contributed by atoms with Gasteiger partial charge in [0.25, 0.3) is 0 Å². The summed E-state index contributed by atoms with van der Waals surface area (Å²) in [7, 11) is 0. The predicted molar refractivity (Wildman–Crippen MR) is 84.5 cm³/mol. The first kappa shape index (κ1) is 15.1. The second kappa shape index (κ2) is 6.43. The Morgan fingerprint density at radius 2 is 2.20 bits per heavy atom. The number of ether oxygens (including phenoxy) is 1. The summed E-state index contributed by atoms with van der Waals surface area (Å²) in [5.41, 5.74) is 4.65. The highest BCUT2D eigenvalue weighted by molar-refractivity contribution is 7.15. The van der Waals surface area contributed by atoms with E-state index < -0.39 is 0 Å². The monoisotopic (exact) mass is 311 g/mol. The summed E-state index contributed by atoms with van der Waals surface area (Å²) >= 11 is 7.72. The molecule has 4 nitrogen and oxygen atoms in total. The van der Waals surface area contributed by atoms with Crippen molar-refractivity contribution in [2.75, 3.05) is 5.43 Å². The summed E-state index contributed by atoms with van der Waals surface area (Å²) in [6.07, 6.45) is 1.76. The average molecular weight is 312 g/mol. The number of nitrogen functional groups attached to an aromatic ring is 1. The van der Waals surface area contributed by atoms with E-state index in [1.54, 1.807) is 6.20 Å². The van der Waals surface area contributed by atoms with Crippen LogP contribution in [0, 0.1) is 6.92 Å². The standard InChI is InChI=1S/C14H18ClN3OS/c1-8(2)11-5-13(9(3)4-12(11)15)19-7-10-6-17-14(18-16)20-10/h4-6,8H,7,16H2,1-3H3,(H,17,18). The Hall–Kier alpha value is -1.30. The van der Waals surface area contributed by atoms with Crippen molar-refractivity contribution in [1.82, 2.24) is 4.98 Å². The number of benzene rings is 1. The minimum absolute atomic E-state index is 0.363. The van der Waals surface area contributed by atoms with Gasteiger partial charge in [-0.3, -0.25) is 5.43 Å². The number of halogens is 1. The predicted octanol–water partition coefficient (Wildman–Crippen LogP) is 4.09. The number of aryl methyl sites for hydroxylation is 1. The Morgan fingerprint density at radius 1 is 1.45 bits per heavy atom. The van der Waals surface area contributed by atoms with Crippen LogP contribution in [0.25, 0.3) is 0 Å². The molecule has 3 N–H and O–H groups in total. The fourth-order valence-corrected chi connectivity index (χ4v) is 2.93. The van der Waals surface area contributed by atoms with E-state index in [1.165, 1.54) is 11.3 Å². The molecule has 2 rings (SSSR count). The molecule has 6 heteroatoms. The molecule has 0 atom stereocenters. The minimum Gasteiger partial charge on any atom is -0.488 e. The molecule has 0 fully saturated rings. The Balaban J connectivity index is 2.14. The Bertz CT molecular complexity index is 598. The number of nitrogens with one attached hydrogen (secondary N) is 1. The summed E-state index contributed by atoms with van der Waals surface area (Å²) in [6, 6.07) is 3.97. The van der Waals surface area contributed by atoms with Crippen LogP contribution in [-0.4, -0.2) is 4.98 Å². The van der Waals surface area contributed by atoms with Gasteiger partial charge in [0.2, 0.25) is 0 Å². The average Bonchev–Trinajstić information content (AvgIpc) is 2.85. The minimum atomic E-state index is 0.363. The Morgan fingerprint density at radius 3 is 2.80 bits per heavy atom. The first-order valence-corrected chi connectivity index (χ1v) is 7.55. The lowest BCUT2D eigenvalue weighted by atomic mass is 10.0. The molecule has 1 aromatic heterocycles. The number of anilines is 1. The molecule has 2 aromatic rings. The van der Waals surface area contributed by atoms with Crippen molar-refractivity contribution >= 4 is 28.1 Å². The van der Waals surface area contributed by atoms with Crippen LogP contribution in [0.2, 0.25) is 5.02 Å². The molecule has 0 spiro atoms. The maximum Gasteiger partial charge on any atom is 0.197 e. The summed E-state index contributed by atoms with van der Waals surface area (Å²) < 4.78 is 5.87. The van der Waals surface area contributed by atoms with E-state index in [2.05, 4.69) is 24.3 Å². The summed E-state index contributed by atoms with van der Waals surface area (Å²) in [6.45, 7) is 6.69. The van der Waals surface area contributed by atoms with Crippen LogP contribution in [0.15, 0.2) is 18.3 Å². The number of nitrogens with two attached hydrogens (primary N) is 1. The SMILES string of the molecule is Cc1cc(Cl)c(C(C)C)cc1OCc1cnc(NN)s1. The van der Waals surface area contributed by atoms with Crippen LogP contribution in [0.1, 0.15) is 35.8 Å². The quantitative estimate of drug-likeness (QED) is 0.645. The van der Waals surface area contributed by atoms with Gasteiger partial charge in [0.05, 0.1) is 4.88 Å². The number of hydrogen-bond acceptors (Lipinski definition) is 5. The van der Waals surface area contributed by atoms with Crippen molar-refractivity contribution in [3.63, 3.8) is 0 Å². The van der Waals surface area contributed by atoms with Crippen molar-refractivity contribution in [2.45, 2.75) is 33.3 Å². The van der Waals surface area contributed by atoms with E-state index in [1.807, 2.05) is 19.1 Å². The van der Waals surface area contributed by atoms with E-state index in [0.717, 1.165) is 26.8 Å². The molecular formula is C14H18ClN3OS. The van der Waals surface area contributed by atoms with Crippen LogP contribution < -0.4 is 16.0 Å². The van der Waals surface area contributed by atoms with Crippen LogP contribution in [0.3, 0.4) is 0 Å². The van der Waals surface area contributed by atoms with Gasteiger partial charge < -0.3 is 4.74 Å². The van der Waals surface area contributed by atoms with E-state index in [0.29, 0.717) is 17.7 Å². The topological polar surface area (TPSA) is 60.2 Å². The lowest BCUT2D eigenvalue weighted by Gasteiger charge is -2.14. The Kier molecular flexibility index (Phi) is 4.86. The van der Waals surface area contributed by atoms with Crippen LogP contribution in [0.5, 0.6) is 5.75 Å². The molecule has 1 aromatic carbocycles. The third-order valence-electron chi connectivity index (χ3n) is 2.96. The lowest BCUT2D eigenvalue weighted by molar-refractivity contribution is 0.307. The van der Waals surface area contributed by atoms with E-state index in [-0.39, 0.29) is 0 Å². The zero-order valence-electron chi connectivity index (χ0n) is 11.7. The second-order valence-corrected chi connectivity index (χ2v) is 6.38. The molecule has 0 amide bonds. The molecule has 0 aliphatic carbocycles. The van der Waals surface area contributed by atoms with Crippen molar-refractivity contribution in [3.05, 3.63) is 39.4 Å². The van der Waals surface area contributed by atoms with Gasteiger partial charge in [-0.15, -0.1) is 0 Å². The Labute approximate surface area is 127 Å². The van der Waals surface area contributed by atoms with Gasteiger partial charge in [0.15, 0.2) is 5.13 Å². The van der Waals surface area contributed by atoms with Crippen LogP contribution in [0.4, 0.5) is 5.13 Å². The molecule has 0 unspecified atom stereocenters. The first-order valence-electron chi connectivity index (χ1n) is 6.35. The highest BCUT2D eigenvalue weighted by Crippen LogP contribution is 2.32. The first-order chi connectivity index (χ1) is 9.51. The van der Waals surface area contributed by atoms with E-state index >= 15 is 0 Å². The van der Waals surface area contributed by atoms with Crippen molar-refractivity contribution in [3.8, 4) is 5.75 Å². The second-order valence-electron chi connectivity index (χ2n) is 4.86. The fraction of sp³-hybridized carbons (Fsp3) is 0.357. The molecule has 1 heterocycles. The van der Waals surface area contributed by atoms with Gasteiger partial charge in [0, 0.05) is 11.2 Å². The number of rotatable bonds is 5. The van der Waals surface area contributed by atoms with Gasteiger partial charge >= 0.3 is 0 Å². The fourth-order valence-electron chi connectivity index (χ4n) is 1.86. The summed E-state index contributed by atoms with van der Waals surface area (Å²) in [5, 5.41) is 1.47. The zero-order chi connectivity index (χ0) is 14.7. The summed E-state index contributed by atoms with van der Waals surface area (Å²) in [5.74, 6) is 6.52. The van der Waals surface area contributed by atoms with Crippen LogP contribution in [-0.2, 0) is 6.61 Å². The lowest BCUT2D eigenvalue weighted by Crippen LogP contribution is -2.05. The molecule has 108 valence electrons. The van der Waals surface area contributed by atoms with Gasteiger partial charge in [-0.05, 0) is 36.1 Å².